The number of methoxy groups -OCH3 is 1. The number of benzene rings is 1. The first-order valence-corrected chi connectivity index (χ1v) is 6.98. The van der Waals surface area contributed by atoms with Crippen LogP contribution in [0.1, 0.15) is 17.9 Å². The average Bonchev–Trinajstić information content (AvgIpc) is 2.88. The summed E-state index contributed by atoms with van der Waals surface area (Å²) in [6, 6.07) is 7.61. The number of ether oxygens (including phenoxy) is 2. The van der Waals surface area contributed by atoms with Crippen LogP contribution in [0.5, 0.6) is 5.75 Å². The van der Waals surface area contributed by atoms with Crippen LogP contribution in [0.3, 0.4) is 0 Å². The molecule has 2 atom stereocenters. The van der Waals surface area contributed by atoms with Crippen molar-refractivity contribution in [1.29, 1.82) is 0 Å². The van der Waals surface area contributed by atoms with Gasteiger partial charge in [-0.05, 0) is 13.0 Å². The standard InChI is InChI=1S/C13H17NO3S/c1-3-17-13(15)10-8-18-12(14-10)9-6-4-5-7-11(9)16-2/h4-7,10,12,14H,3,8H2,1-2H3/t10-,12+/m0/s1. The summed E-state index contributed by atoms with van der Waals surface area (Å²) in [6.45, 7) is 2.23. The van der Waals surface area contributed by atoms with Crippen LogP contribution in [0.2, 0.25) is 0 Å². The summed E-state index contributed by atoms with van der Waals surface area (Å²) in [5.41, 5.74) is 1.07. The molecule has 1 aromatic rings. The molecule has 0 saturated carbocycles. The maximum absolute atomic E-state index is 11.6. The Balaban J connectivity index is 2.06. The molecular weight excluding hydrogens is 250 g/mol. The molecule has 1 N–H and O–H groups in total. The van der Waals surface area contributed by atoms with Crippen LogP contribution >= 0.6 is 11.8 Å². The fourth-order valence-corrected chi connectivity index (χ4v) is 3.16. The molecule has 0 unspecified atom stereocenters. The maximum atomic E-state index is 11.6. The molecule has 5 heteroatoms. The molecule has 1 heterocycles. The number of hydrogen-bond donors (Lipinski definition) is 1. The number of carbonyl (C=O) groups is 1. The predicted molar refractivity (Wildman–Crippen MR) is 71.7 cm³/mol. The van der Waals surface area contributed by atoms with E-state index in [9.17, 15) is 4.79 Å². The summed E-state index contributed by atoms with van der Waals surface area (Å²) in [5.74, 6) is 1.39. The van der Waals surface area contributed by atoms with Gasteiger partial charge in [0.25, 0.3) is 0 Å². The van der Waals surface area contributed by atoms with Gasteiger partial charge in [-0.25, -0.2) is 0 Å². The van der Waals surface area contributed by atoms with E-state index in [0.717, 1.165) is 17.1 Å². The highest BCUT2D eigenvalue weighted by Gasteiger charge is 2.32. The number of carbonyl (C=O) groups excluding carboxylic acids is 1. The molecule has 0 radical (unpaired) electrons. The molecule has 1 aliphatic rings. The van der Waals surface area contributed by atoms with Crippen molar-refractivity contribution < 1.29 is 14.3 Å². The Kier molecular flexibility index (Phi) is 4.49. The van der Waals surface area contributed by atoms with Crippen LogP contribution in [-0.4, -0.2) is 31.5 Å². The number of thioether (sulfide) groups is 1. The molecule has 1 fully saturated rings. The second-order valence-corrected chi connectivity index (χ2v) is 5.06. The smallest absolute Gasteiger partial charge is 0.324 e. The van der Waals surface area contributed by atoms with E-state index in [1.54, 1.807) is 18.9 Å². The van der Waals surface area contributed by atoms with Crippen LogP contribution < -0.4 is 10.1 Å². The molecule has 1 saturated heterocycles. The molecule has 0 amide bonds. The first-order valence-electron chi connectivity index (χ1n) is 5.93. The number of para-hydroxylation sites is 1. The Hall–Kier alpha value is -1.20. The Morgan fingerprint density at radius 2 is 2.28 bits per heavy atom. The van der Waals surface area contributed by atoms with Gasteiger partial charge in [0.2, 0.25) is 0 Å². The van der Waals surface area contributed by atoms with Gasteiger partial charge in [-0.2, -0.15) is 0 Å². The van der Waals surface area contributed by atoms with E-state index in [1.807, 2.05) is 31.2 Å². The molecule has 0 aromatic heterocycles. The van der Waals surface area contributed by atoms with Gasteiger partial charge in [0.1, 0.15) is 11.8 Å². The van der Waals surface area contributed by atoms with E-state index in [4.69, 9.17) is 9.47 Å². The fraction of sp³-hybridized carbons (Fsp3) is 0.462. The molecule has 4 nitrogen and oxygen atoms in total. The van der Waals surface area contributed by atoms with Crippen molar-refractivity contribution in [3.8, 4) is 5.75 Å². The molecule has 1 aromatic carbocycles. The van der Waals surface area contributed by atoms with Crippen LogP contribution in [0.25, 0.3) is 0 Å². The van der Waals surface area contributed by atoms with Crippen molar-refractivity contribution in [2.45, 2.75) is 18.3 Å². The zero-order valence-electron chi connectivity index (χ0n) is 10.5. The van der Waals surface area contributed by atoms with E-state index < -0.39 is 0 Å². The largest absolute Gasteiger partial charge is 0.496 e. The summed E-state index contributed by atoms with van der Waals surface area (Å²) in [4.78, 5) is 11.6. The second kappa shape index (κ2) is 6.11. The first kappa shape index (κ1) is 13.2. The van der Waals surface area contributed by atoms with E-state index >= 15 is 0 Å². The van der Waals surface area contributed by atoms with Crippen molar-refractivity contribution in [3.05, 3.63) is 29.8 Å². The van der Waals surface area contributed by atoms with Gasteiger partial charge in [0.05, 0.1) is 19.1 Å². The van der Waals surface area contributed by atoms with Crippen LogP contribution in [0.15, 0.2) is 24.3 Å². The van der Waals surface area contributed by atoms with Gasteiger partial charge in [-0.15, -0.1) is 11.8 Å². The first-order chi connectivity index (χ1) is 8.76. The van der Waals surface area contributed by atoms with Gasteiger partial charge < -0.3 is 9.47 Å². The van der Waals surface area contributed by atoms with Gasteiger partial charge in [-0.1, -0.05) is 18.2 Å². The number of esters is 1. The van der Waals surface area contributed by atoms with Crippen LogP contribution in [-0.2, 0) is 9.53 Å². The number of hydrogen-bond acceptors (Lipinski definition) is 5. The number of nitrogens with one attached hydrogen (secondary N) is 1. The SMILES string of the molecule is CCOC(=O)[C@@H]1CS[C@H](c2ccccc2OC)N1. The Bertz CT molecular complexity index is 424. The van der Waals surface area contributed by atoms with E-state index in [0.29, 0.717) is 6.61 Å². The fourth-order valence-electron chi connectivity index (χ4n) is 1.91. The highest BCUT2D eigenvalue weighted by atomic mass is 32.2. The van der Waals surface area contributed by atoms with Crippen LogP contribution in [0, 0.1) is 0 Å². The molecule has 1 aliphatic heterocycles. The normalized spacial score (nSPS) is 22.8. The third kappa shape index (κ3) is 2.79. The minimum Gasteiger partial charge on any atom is -0.496 e. The maximum Gasteiger partial charge on any atom is 0.324 e. The van der Waals surface area contributed by atoms with E-state index in [-0.39, 0.29) is 17.4 Å². The molecule has 2 rings (SSSR count). The van der Waals surface area contributed by atoms with Crippen molar-refractivity contribution in [1.82, 2.24) is 5.32 Å². The third-order valence-corrected chi connectivity index (χ3v) is 4.02. The third-order valence-electron chi connectivity index (χ3n) is 2.77. The minimum absolute atomic E-state index is 0.0792. The average molecular weight is 267 g/mol. The minimum atomic E-state index is -0.232. The Morgan fingerprint density at radius 3 is 3.00 bits per heavy atom. The summed E-state index contributed by atoms with van der Waals surface area (Å²) < 4.78 is 10.4. The molecule has 0 spiro atoms. The van der Waals surface area contributed by atoms with Gasteiger partial charge >= 0.3 is 5.97 Å². The summed E-state index contributed by atoms with van der Waals surface area (Å²) in [6.07, 6.45) is 0. The zero-order valence-corrected chi connectivity index (χ0v) is 11.3. The highest BCUT2D eigenvalue weighted by Crippen LogP contribution is 2.37. The highest BCUT2D eigenvalue weighted by molar-refractivity contribution is 7.99. The predicted octanol–water partition coefficient (Wildman–Crippen LogP) is 1.96. The second-order valence-electron chi connectivity index (χ2n) is 3.93. The van der Waals surface area contributed by atoms with Crippen molar-refractivity contribution in [3.63, 3.8) is 0 Å². The van der Waals surface area contributed by atoms with Crippen molar-refractivity contribution in [2.75, 3.05) is 19.5 Å². The lowest BCUT2D eigenvalue weighted by Gasteiger charge is -2.15. The van der Waals surface area contributed by atoms with Crippen LogP contribution in [0.4, 0.5) is 0 Å². The van der Waals surface area contributed by atoms with Gasteiger partial charge in [-0.3, -0.25) is 10.1 Å². The lowest BCUT2D eigenvalue weighted by Crippen LogP contribution is -2.35. The lowest BCUT2D eigenvalue weighted by atomic mass is 10.2. The molecule has 98 valence electrons. The van der Waals surface area contributed by atoms with E-state index in [2.05, 4.69) is 5.32 Å². The Labute approximate surface area is 111 Å². The topological polar surface area (TPSA) is 47.6 Å². The molecular formula is C13H17NO3S. The number of rotatable bonds is 4. The molecule has 0 aliphatic carbocycles. The van der Waals surface area contributed by atoms with Crippen molar-refractivity contribution >= 4 is 17.7 Å². The molecule has 0 bridgehead atoms. The summed E-state index contributed by atoms with van der Waals surface area (Å²) in [7, 11) is 1.65. The lowest BCUT2D eigenvalue weighted by molar-refractivity contribution is -0.144. The van der Waals surface area contributed by atoms with Gasteiger partial charge in [0, 0.05) is 11.3 Å². The summed E-state index contributed by atoms with van der Waals surface area (Å²) in [5, 5.41) is 3.35. The van der Waals surface area contributed by atoms with E-state index in [1.165, 1.54) is 0 Å². The summed E-state index contributed by atoms with van der Waals surface area (Å²) >= 11 is 1.70. The van der Waals surface area contributed by atoms with Crippen molar-refractivity contribution in [2.24, 2.45) is 0 Å². The Morgan fingerprint density at radius 1 is 1.50 bits per heavy atom. The molecule has 18 heavy (non-hydrogen) atoms. The monoisotopic (exact) mass is 267 g/mol. The quantitative estimate of drug-likeness (QED) is 0.845. The zero-order chi connectivity index (χ0) is 13.0. The van der Waals surface area contributed by atoms with Gasteiger partial charge in [0.15, 0.2) is 0 Å².